The second-order valence-corrected chi connectivity index (χ2v) is 9.76. The minimum Gasteiger partial charge on any atom is -0.326 e. The van der Waals surface area contributed by atoms with Crippen LogP contribution in [0.2, 0.25) is 0 Å². The zero-order valence-corrected chi connectivity index (χ0v) is 18.5. The van der Waals surface area contributed by atoms with E-state index in [1.54, 1.807) is 24.0 Å². The predicted octanol–water partition coefficient (Wildman–Crippen LogP) is 2.80. The van der Waals surface area contributed by atoms with Gasteiger partial charge in [-0.2, -0.15) is 0 Å². The average Bonchev–Trinajstić information content (AvgIpc) is 3.10. The molecule has 30 heavy (non-hydrogen) atoms. The fourth-order valence-electron chi connectivity index (χ4n) is 3.59. The molecule has 1 aliphatic heterocycles. The summed E-state index contributed by atoms with van der Waals surface area (Å²) < 4.78 is 26.2. The lowest BCUT2D eigenvalue weighted by molar-refractivity contribution is -0.122. The number of benzene rings is 2. The largest absolute Gasteiger partial charge is 0.326 e. The van der Waals surface area contributed by atoms with Crippen LogP contribution in [-0.4, -0.2) is 45.2 Å². The number of carbonyl (C=O) groups excluding carboxylic acids is 2. The maximum absolute atomic E-state index is 12.8. The van der Waals surface area contributed by atoms with Gasteiger partial charge in [0, 0.05) is 38.4 Å². The molecule has 0 unspecified atom stereocenters. The Bertz CT molecular complexity index is 1080. The summed E-state index contributed by atoms with van der Waals surface area (Å²) in [6.45, 7) is 4.04. The number of aryl methyl sites for hydroxylation is 2. The van der Waals surface area contributed by atoms with Gasteiger partial charge in [-0.05, 0) is 42.7 Å². The third-order valence-corrected chi connectivity index (χ3v) is 7.33. The van der Waals surface area contributed by atoms with E-state index in [0.29, 0.717) is 17.8 Å². The Balaban J connectivity index is 1.78. The van der Waals surface area contributed by atoms with Crippen LogP contribution >= 0.6 is 0 Å². The Hall–Kier alpha value is -2.71. The molecular weight excluding hydrogens is 402 g/mol. The molecule has 0 radical (unpaired) electrons. The van der Waals surface area contributed by atoms with Crippen molar-refractivity contribution in [2.75, 3.05) is 30.9 Å². The summed E-state index contributed by atoms with van der Waals surface area (Å²) in [5, 5.41) is 2.78. The van der Waals surface area contributed by atoms with E-state index >= 15 is 0 Å². The van der Waals surface area contributed by atoms with Crippen LogP contribution in [0, 0.1) is 12.8 Å². The normalized spacial score (nSPS) is 16.9. The predicted molar refractivity (Wildman–Crippen MR) is 117 cm³/mol. The summed E-state index contributed by atoms with van der Waals surface area (Å²) in [6.07, 6.45) is 0.919. The highest BCUT2D eigenvalue weighted by Gasteiger charge is 2.36. The number of rotatable bonds is 6. The Labute approximate surface area is 177 Å². The first-order valence-electron chi connectivity index (χ1n) is 9.87. The fraction of sp³-hybridized carbons (Fsp3) is 0.364. The van der Waals surface area contributed by atoms with Crippen molar-refractivity contribution in [3.8, 4) is 0 Å². The molecule has 8 heteroatoms. The number of hydrogen-bond acceptors (Lipinski definition) is 4. The first-order chi connectivity index (χ1) is 14.1. The van der Waals surface area contributed by atoms with Gasteiger partial charge in [-0.3, -0.25) is 9.59 Å². The van der Waals surface area contributed by atoms with Crippen LogP contribution < -0.4 is 10.2 Å². The summed E-state index contributed by atoms with van der Waals surface area (Å²) in [5.74, 6) is -0.884. The Kier molecular flexibility index (Phi) is 6.28. The number of nitrogens with zero attached hydrogens (tertiary/aromatic N) is 2. The summed E-state index contributed by atoms with van der Waals surface area (Å²) in [5.41, 5.74) is 2.89. The van der Waals surface area contributed by atoms with E-state index in [4.69, 9.17) is 0 Å². The van der Waals surface area contributed by atoms with E-state index in [1.807, 2.05) is 31.2 Å². The quantitative estimate of drug-likeness (QED) is 0.765. The van der Waals surface area contributed by atoms with Gasteiger partial charge in [-0.1, -0.05) is 31.2 Å². The van der Waals surface area contributed by atoms with Crippen molar-refractivity contribution in [1.82, 2.24) is 4.31 Å². The molecule has 0 aromatic heterocycles. The summed E-state index contributed by atoms with van der Waals surface area (Å²) >= 11 is 0. The van der Waals surface area contributed by atoms with Crippen molar-refractivity contribution in [2.45, 2.75) is 31.6 Å². The highest BCUT2D eigenvalue weighted by Crippen LogP contribution is 2.29. The molecule has 0 saturated carbocycles. The summed E-state index contributed by atoms with van der Waals surface area (Å²) in [6, 6.07) is 12.5. The summed E-state index contributed by atoms with van der Waals surface area (Å²) in [7, 11) is -0.696. The number of hydrogen-bond donors (Lipinski definition) is 1. The molecule has 160 valence electrons. The van der Waals surface area contributed by atoms with Gasteiger partial charge in [0.2, 0.25) is 21.8 Å². The molecular formula is C22H27N3O4S. The van der Waals surface area contributed by atoms with E-state index in [1.165, 1.54) is 20.2 Å². The zero-order valence-electron chi connectivity index (χ0n) is 17.7. The average molecular weight is 430 g/mol. The molecule has 0 aliphatic carbocycles. The molecule has 0 spiro atoms. The van der Waals surface area contributed by atoms with Gasteiger partial charge < -0.3 is 10.2 Å². The van der Waals surface area contributed by atoms with Crippen molar-refractivity contribution >= 4 is 33.2 Å². The second-order valence-electron chi connectivity index (χ2n) is 7.64. The number of sulfonamides is 1. The number of anilines is 2. The maximum atomic E-state index is 12.8. The minimum absolute atomic E-state index is 0.0872. The van der Waals surface area contributed by atoms with Crippen LogP contribution in [-0.2, 0) is 26.0 Å². The summed E-state index contributed by atoms with van der Waals surface area (Å²) in [4.78, 5) is 27.2. The molecule has 1 N–H and O–H groups in total. The van der Waals surface area contributed by atoms with E-state index in [0.717, 1.165) is 22.0 Å². The van der Waals surface area contributed by atoms with Crippen LogP contribution in [0.25, 0.3) is 0 Å². The highest BCUT2D eigenvalue weighted by molar-refractivity contribution is 7.89. The number of nitrogens with one attached hydrogen (secondary N) is 1. The topological polar surface area (TPSA) is 86.8 Å². The van der Waals surface area contributed by atoms with E-state index in [2.05, 4.69) is 5.32 Å². The fourth-order valence-corrected chi connectivity index (χ4v) is 4.73. The van der Waals surface area contributed by atoms with Gasteiger partial charge in [0.05, 0.1) is 10.8 Å². The third-order valence-electron chi connectivity index (χ3n) is 5.37. The van der Waals surface area contributed by atoms with Gasteiger partial charge in [-0.15, -0.1) is 0 Å². The SMILES string of the molecule is CCc1ccccc1N1C[C@@H](C(=O)Nc2ccc(C)c(S(=O)(=O)N(C)C)c2)CC1=O. The van der Waals surface area contributed by atoms with Gasteiger partial charge in [-0.25, -0.2) is 12.7 Å². The first kappa shape index (κ1) is 22.0. The zero-order chi connectivity index (χ0) is 22.1. The highest BCUT2D eigenvalue weighted by atomic mass is 32.2. The van der Waals surface area contributed by atoms with E-state index in [-0.39, 0.29) is 23.1 Å². The second kappa shape index (κ2) is 8.57. The molecule has 1 atom stereocenters. The molecule has 1 saturated heterocycles. The number of para-hydroxylation sites is 1. The van der Waals surface area contributed by atoms with Crippen LogP contribution in [0.5, 0.6) is 0 Å². The number of amides is 2. The number of carbonyl (C=O) groups is 2. The van der Waals surface area contributed by atoms with Crippen LogP contribution in [0.4, 0.5) is 11.4 Å². The van der Waals surface area contributed by atoms with Crippen molar-refractivity contribution in [2.24, 2.45) is 5.92 Å². The maximum Gasteiger partial charge on any atom is 0.242 e. The van der Waals surface area contributed by atoms with Gasteiger partial charge >= 0.3 is 0 Å². The molecule has 7 nitrogen and oxygen atoms in total. The molecule has 2 aromatic rings. The lowest BCUT2D eigenvalue weighted by Crippen LogP contribution is -2.29. The van der Waals surface area contributed by atoms with Crippen molar-refractivity contribution in [1.29, 1.82) is 0 Å². The van der Waals surface area contributed by atoms with Crippen molar-refractivity contribution in [3.05, 3.63) is 53.6 Å². The molecule has 2 aromatic carbocycles. The Morgan fingerprint density at radius 3 is 2.57 bits per heavy atom. The molecule has 3 rings (SSSR count). The van der Waals surface area contributed by atoms with Crippen molar-refractivity contribution < 1.29 is 18.0 Å². The third kappa shape index (κ3) is 4.24. The monoisotopic (exact) mass is 429 g/mol. The molecule has 2 amide bonds. The van der Waals surface area contributed by atoms with Crippen LogP contribution in [0.15, 0.2) is 47.4 Å². The Morgan fingerprint density at radius 2 is 1.90 bits per heavy atom. The first-order valence-corrected chi connectivity index (χ1v) is 11.3. The van der Waals surface area contributed by atoms with Gasteiger partial charge in [0.1, 0.15) is 0 Å². The van der Waals surface area contributed by atoms with Crippen LogP contribution in [0.1, 0.15) is 24.5 Å². The molecule has 0 bridgehead atoms. The standard InChI is InChI=1S/C22H27N3O4S/c1-5-16-8-6-7-9-19(16)25-14-17(12-21(25)26)22(27)23-18-11-10-15(2)20(13-18)30(28,29)24(3)4/h6-11,13,17H,5,12,14H2,1-4H3,(H,23,27)/t17-/m0/s1. The lowest BCUT2D eigenvalue weighted by Gasteiger charge is -2.20. The van der Waals surface area contributed by atoms with Crippen molar-refractivity contribution in [3.63, 3.8) is 0 Å². The molecule has 1 heterocycles. The molecule has 1 aliphatic rings. The van der Waals surface area contributed by atoms with Gasteiger partial charge in [0.15, 0.2) is 0 Å². The van der Waals surface area contributed by atoms with Crippen LogP contribution in [0.3, 0.4) is 0 Å². The lowest BCUT2D eigenvalue weighted by atomic mass is 10.1. The smallest absolute Gasteiger partial charge is 0.242 e. The van der Waals surface area contributed by atoms with Gasteiger partial charge in [0.25, 0.3) is 0 Å². The molecule has 1 fully saturated rings. The van der Waals surface area contributed by atoms with E-state index in [9.17, 15) is 18.0 Å². The minimum atomic E-state index is -3.63. The van der Waals surface area contributed by atoms with E-state index < -0.39 is 15.9 Å². The Morgan fingerprint density at radius 1 is 1.20 bits per heavy atom.